The van der Waals surface area contributed by atoms with Crippen molar-refractivity contribution in [3.63, 3.8) is 0 Å². The Kier molecular flexibility index (Phi) is 6.13. The lowest BCUT2D eigenvalue weighted by Crippen LogP contribution is -2.03. The van der Waals surface area contributed by atoms with Crippen LogP contribution in [-0.2, 0) is 4.79 Å². The second kappa shape index (κ2) is 8.92. The molecule has 1 aromatic carbocycles. The molecule has 0 aliphatic heterocycles. The number of anilines is 1. The van der Waals surface area contributed by atoms with Gasteiger partial charge in [0.05, 0.1) is 11.3 Å². The van der Waals surface area contributed by atoms with Gasteiger partial charge < -0.3 is 5.32 Å². The van der Waals surface area contributed by atoms with Gasteiger partial charge in [0.2, 0.25) is 6.41 Å². The largest absolute Gasteiger partial charge is 0.313 e. The highest BCUT2D eigenvalue weighted by Gasteiger charge is 2.18. The minimum Gasteiger partial charge on any atom is -0.313 e. The number of carbonyl (C=O) groups excluding carboxylic acids is 1. The average Bonchev–Trinajstić information content (AvgIpc) is 3.41. The number of aryl methyl sites for hydroxylation is 2. The first kappa shape index (κ1) is 19.9. The van der Waals surface area contributed by atoms with Gasteiger partial charge in [-0.15, -0.1) is 0 Å². The average molecular weight is 389 g/mol. The van der Waals surface area contributed by atoms with Crippen molar-refractivity contribution >= 4 is 12.2 Å². The Balaban J connectivity index is 0.00000117. The van der Waals surface area contributed by atoms with E-state index in [-0.39, 0.29) is 0 Å². The fourth-order valence-corrected chi connectivity index (χ4v) is 2.94. The molecule has 0 aliphatic carbocycles. The Labute approximate surface area is 169 Å². The zero-order valence-corrected chi connectivity index (χ0v) is 16.8. The predicted octanol–water partition coefficient (Wildman–Crippen LogP) is 3.93. The molecule has 3 aromatic heterocycles. The molecular formula is C21H23N7O. The van der Waals surface area contributed by atoms with E-state index >= 15 is 0 Å². The summed E-state index contributed by atoms with van der Waals surface area (Å²) >= 11 is 0. The summed E-state index contributed by atoms with van der Waals surface area (Å²) < 4.78 is 1.77. The van der Waals surface area contributed by atoms with Gasteiger partial charge in [0.15, 0.2) is 5.82 Å². The Morgan fingerprint density at radius 1 is 1.07 bits per heavy atom. The van der Waals surface area contributed by atoms with Crippen LogP contribution in [-0.4, -0.2) is 36.4 Å². The van der Waals surface area contributed by atoms with Crippen LogP contribution in [0.1, 0.15) is 25.0 Å². The van der Waals surface area contributed by atoms with Crippen molar-refractivity contribution in [1.82, 2.24) is 29.9 Å². The highest BCUT2D eigenvalue weighted by molar-refractivity contribution is 5.79. The van der Waals surface area contributed by atoms with E-state index in [4.69, 9.17) is 5.10 Å². The monoisotopic (exact) mass is 389 g/mol. The van der Waals surface area contributed by atoms with E-state index in [9.17, 15) is 4.79 Å². The van der Waals surface area contributed by atoms with Crippen molar-refractivity contribution in [2.75, 3.05) is 5.32 Å². The normalized spacial score (nSPS) is 10.2. The van der Waals surface area contributed by atoms with Gasteiger partial charge in [-0.3, -0.25) is 9.89 Å². The predicted molar refractivity (Wildman–Crippen MR) is 113 cm³/mol. The number of nitrogens with one attached hydrogen (secondary N) is 2. The number of aromatic nitrogens is 6. The molecule has 1 amide bonds. The lowest BCUT2D eigenvalue weighted by molar-refractivity contribution is -0.105. The number of benzene rings is 1. The summed E-state index contributed by atoms with van der Waals surface area (Å²) in [5.41, 5.74) is 5.50. The molecule has 0 spiro atoms. The molecule has 0 saturated heterocycles. The van der Waals surface area contributed by atoms with Crippen LogP contribution in [0.2, 0.25) is 0 Å². The molecule has 0 atom stereocenters. The summed E-state index contributed by atoms with van der Waals surface area (Å²) in [5.74, 6) is 1.09. The van der Waals surface area contributed by atoms with Crippen LogP contribution in [0.25, 0.3) is 28.3 Å². The third-order valence-electron chi connectivity index (χ3n) is 4.31. The van der Waals surface area contributed by atoms with E-state index in [1.165, 1.54) is 6.33 Å². The number of nitrogens with zero attached hydrogens (tertiary/aromatic N) is 5. The summed E-state index contributed by atoms with van der Waals surface area (Å²) in [6.45, 7) is 7.98. The van der Waals surface area contributed by atoms with Crippen molar-refractivity contribution in [2.45, 2.75) is 27.7 Å². The van der Waals surface area contributed by atoms with Crippen molar-refractivity contribution in [1.29, 1.82) is 0 Å². The SMILES string of the molecule is CC.Cc1ccccc1-c1nn(-c2cc(NC=O)ncc2C)cc1-c1ncn[nH]1. The smallest absolute Gasteiger partial charge is 0.212 e. The maximum Gasteiger partial charge on any atom is 0.212 e. The molecule has 8 nitrogen and oxygen atoms in total. The summed E-state index contributed by atoms with van der Waals surface area (Å²) in [5, 5.41) is 14.3. The van der Waals surface area contributed by atoms with Gasteiger partial charge in [0.25, 0.3) is 0 Å². The van der Waals surface area contributed by atoms with Crippen LogP contribution in [0.3, 0.4) is 0 Å². The summed E-state index contributed by atoms with van der Waals surface area (Å²) in [7, 11) is 0. The van der Waals surface area contributed by atoms with E-state index in [1.807, 2.05) is 58.2 Å². The van der Waals surface area contributed by atoms with Gasteiger partial charge in [0, 0.05) is 24.0 Å². The number of carbonyl (C=O) groups is 1. The van der Waals surface area contributed by atoms with Crippen molar-refractivity contribution in [2.24, 2.45) is 0 Å². The minimum absolute atomic E-state index is 0.458. The third kappa shape index (κ3) is 4.06. The highest BCUT2D eigenvalue weighted by Crippen LogP contribution is 2.32. The van der Waals surface area contributed by atoms with Gasteiger partial charge in [-0.25, -0.2) is 14.6 Å². The second-order valence-electron chi connectivity index (χ2n) is 6.10. The lowest BCUT2D eigenvalue weighted by Gasteiger charge is -2.07. The van der Waals surface area contributed by atoms with Gasteiger partial charge >= 0.3 is 0 Å². The second-order valence-corrected chi connectivity index (χ2v) is 6.10. The first-order chi connectivity index (χ1) is 14.2. The molecule has 0 bridgehead atoms. The molecule has 0 fully saturated rings. The highest BCUT2D eigenvalue weighted by atomic mass is 16.1. The van der Waals surface area contributed by atoms with E-state index < -0.39 is 0 Å². The van der Waals surface area contributed by atoms with Crippen LogP contribution in [0.5, 0.6) is 0 Å². The standard InChI is InChI=1S/C19H17N7O.C2H6/c1-12-5-3-4-6-14(12)18-15(19-21-10-23-24-19)9-26(25-18)16-7-17(22-11-27)20-8-13(16)2;1-2/h3-11H,1-2H3,(H,20,22,27)(H,21,23,24);1-2H3. The maximum absolute atomic E-state index is 10.8. The van der Waals surface area contributed by atoms with Crippen molar-refractivity contribution < 1.29 is 4.79 Å². The van der Waals surface area contributed by atoms with Gasteiger partial charge in [-0.05, 0) is 25.0 Å². The summed E-state index contributed by atoms with van der Waals surface area (Å²) in [4.78, 5) is 19.2. The number of rotatable bonds is 5. The van der Waals surface area contributed by atoms with Crippen LogP contribution < -0.4 is 5.32 Å². The van der Waals surface area contributed by atoms with E-state index in [0.717, 1.165) is 33.6 Å². The molecule has 29 heavy (non-hydrogen) atoms. The quantitative estimate of drug-likeness (QED) is 0.504. The Morgan fingerprint density at radius 2 is 1.86 bits per heavy atom. The van der Waals surface area contributed by atoms with Crippen molar-refractivity contribution in [3.05, 3.63) is 60.2 Å². The number of H-pyrrole nitrogens is 1. The molecule has 148 valence electrons. The molecular weight excluding hydrogens is 366 g/mol. The molecule has 2 N–H and O–H groups in total. The number of pyridine rings is 1. The van der Waals surface area contributed by atoms with Crippen LogP contribution in [0, 0.1) is 13.8 Å². The first-order valence-electron chi connectivity index (χ1n) is 9.36. The number of amides is 1. The van der Waals surface area contributed by atoms with Gasteiger partial charge in [0.1, 0.15) is 17.8 Å². The fourth-order valence-electron chi connectivity index (χ4n) is 2.94. The van der Waals surface area contributed by atoms with E-state index in [0.29, 0.717) is 18.1 Å². The van der Waals surface area contributed by atoms with Crippen LogP contribution in [0.4, 0.5) is 5.82 Å². The zero-order valence-electron chi connectivity index (χ0n) is 16.8. The molecule has 0 unspecified atom stereocenters. The lowest BCUT2D eigenvalue weighted by atomic mass is 10.0. The third-order valence-corrected chi connectivity index (χ3v) is 4.31. The Hall–Kier alpha value is -3.81. The molecule has 4 aromatic rings. The van der Waals surface area contributed by atoms with E-state index in [1.54, 1.807) is 16.9 Å². The summed E-state index contributed by atoms with van der Waals surface area (Å²) in [6.07, 6.45) is 5.67. The molecule has 0 aliphatic rings. The molecule has 0 saturated carbocycles. The Morgan fingerprint density at radius 3 is 2.55 bits per heavy atom. The fraction of sp³-hybridized carbons (Fsp3) is 0.190. The molecule has 0 radical (unpaired) electrons. The topological polar surface area (TPSA) is 101 Å². The summed E-state index contributed by atoms with van der Waals surface area (Å²) in [6, 6.07) is 9.83. The molecule has 8 heteroatoms. The van der Waals surface area contributed by atoms with E-state index in [2.05, 4.69) is 25.5 Å². The zero-order chi connectivity index (χ0) is 20.8. The first-order valence-corrected chi connectivity index (χ1v) is 9.36. The Bertz CT molecular complexity index is 1100. The maximum atomic E-state index is 10.8. The molecule has 3 heterocycles. The van der Waals surface area contributed by atoms with Crippen LogP contribution >= 0.6 is 0 Å². The van der Waals surface area contributed by atoms with Gasteiger partial charge in [-0.1, -0.05) is 38.1 Å². The number of hydrogen-bond donors (Lipinski definition) is 2. The number of hydrogen-bond acceptors (Lipinski definition) is 5. The minimum atomic E-state index is 0.458. The molecule has 4 rings (SSSR count). The van der Waals surface area contributed by atoms with Gasteiger partial charge in [-0.2, -0.15) is 10.2 Å². The number of aromatic amines is 1. The van der Waals surface area contributed by atoms with Crippen LogP contribution in [0.15, 0.2) is 49.1 Å². The van der Waals surface area contributed by atoms with Crippen molar-refractivity contribution in [3.8, 4) is 28.3 Å².